The van der Waals surface area contributed by atoms with Crippen molar-refractivity contribution in [1.82, 2.24) is 14.9 Å². The zero-order valence-electron chi connectivity index (χ0n) is 15.4. The Bertz CT molecular complexity index is 1070. The lowest BCUT2D eigenvalue weighted by atomic mass is 10.2. The molecule has 3 rings (SSSR count). The molecule has 0 aliphatic carbocycles. The summed E-state index contributed by atoms with van der Waals surface area (Å²) in [5, 5.41) is 4.37. The van der Waals surface area contributed by atoms with Gasteiger partial charge >= 0.3 is 0 Å². The van der Waals surface area contributed by atoms with Gasteiger partial charge in [-0.15, -0.1) is 0 Å². The van der Waals surface area contributed by atoms with E-state index >= 15 is 0 Å². The number of amides is 1. The summed E-state index contributed by atoms with van der Waals surface area (Å²) in [4.78, 5) is 30.1. The van der Waals surface area contributed by atoms with Gasteiger partial charge in [-0.1, -0.05) is 41.9 Å². The SMILES string of the molecule is CCCNC(=O)C(C)Sc1nc2cc(Cl)ccc2c(=O)n1-c1ccc(Cl)cc1. The summed E-state index contributed by atoms with van der Waals surface area (Å²) in [5.41, 5.74) is 0.890. The van der Waals surface area contributed by atoms with Gasteiger partial charge in [-0.2, -0.15) is 0 Å². The van der Waals surface area contributed by atoms with Crippen LogP contribution in [-0.4, -0.2) is 27.3 Å². The van der Waals surface area contributed by atoms with Crippen molar-refractivity contribution in [2.24, 2.45) is 0 Å². The number of carbonyl (C=O) groups excluding carboxylic acids is 1. The van der Waals surface area contributed by atoms with Gasteiger partial charge in [0.15, 0.2) is 5.16 Å². The predicted octanol–water partition coefficient (Wildman–Crippen LogP) is 4.70. The third-order valence-electron chi connectivity index (χ3n) is 4.09. The van der Waals surface area contributed by atoms with Crippen molar-refractivity contribution in [2.45, 2.75) is 30.7 Å². The molecule has 28 heavy (non-hydrogen) atoms. The molecule has 0 aliphatic heterocycles. The van der Waals surface area contributed by atoms with Crippen LogP contribution in [0.15, 0.2) is 52.4 Å². The molecule has 1 aromatic heterocycles. The quantitative estimate of drug-likeness (QED) is 0.450. The number of fused-ring (bicyclic) bond motifs is 1. The molecule has 1 atom stereocenters. The maximum Gasteiger partial charge on any atom is 0.266 e. The van der Waals surface area contributed by atoms with Crippen LogP contribution in [-0.2, 0) is 4.79 Å². The van der Waals surface area contributed by atoms with Crippen molar-refractivity contribution < 1.29 is 4.79 Å². The number of nitrogens with zero attached hydrogens (tertiary/aromatic N) is 2. The molecule has 146 valence electrons. The van der Waals surface area contributed by atoms with E-state index in [1.165, 1.54) is 16.3 Å². The van der Waals surface area contributed by atoms with E-state index in [9.17, 15) is 9.59 Å². The lowest BCUT2D eigenvalue weighted by Crippen LogP contribution is -2.32. The minimum Gasteiger partial charge on any atom is -0.355 e. The van der Waals surface area contributed by atoms with Crippen molar-refractivity contribution in [3.8, 4) is 5.69 Å². The lowest BCUT2D eigenvalue weighted by Gasteiger charge is -2.16. The molecule has 2 aromatic carbocycles. The normalized spacial score (nSPS) is 12.1. The minimum atomic E-state index is -0.423. The largest absolute Gasteiger partial charge is 0.355 e. The average molecular weight is 436 g/mol. The molecular weight excluding hydrogens is 417 g/mol. The number of aromatic nitrogens is 2. The first kappa shape index (κ1) is 20.7. The lowest BCUT2D eigenvalue weighted by molar-refractivity contribution is -0.120. The number of carbonyl (C=O) groups is 1. The van der Waals surface area contributed by atoms with Gasteiger partial charge in [-0.3, -0.25) is 14.2 Å². The van der Waals surface area contributed by atoms with Crippen LogP contribution in [0.4, 0.5) is 0 Å². The van der Waals surface area contributed by atoms with Crippen molar-refractivity contribution in [2.75, 3.05) is 6.54 Å². The summed E-state index contributed by atoms with van der Waals surface area (Å²) in [6, 6.07) is 11.9. The first-order valence-electron chi connectivity index (χ1n) is 8.83. The second-order valence-electron chi connectivity index (χ2n) is 6.22. The van der Waals surface area contributed by atoms with Crippen molar-refractivity contribution in [3.05, 3.63) is 62.9 Å². The Morgan fingerprint density at radius 3 is 2.54 bits per heavy atom. The number of benzene rings is 2. The summed E-state index contributed by atoms with van der Waals surface area (Å²) in [5.74, 6) is -0.102. The second kappa shape index (κ2) is 8.99. The molecule has 1 unspecified atom stereocenters. The van der Waals surface area contributed by atoms with E-state index in [-0.39, 0.29) is 11.5 Å². The summed E-state index contributed by atoms with van der Waals surface area (Å²) in [6.07, 6.45) is 0.853. The number of thioether (sulfide) groups is 1. The van der Waals surface area contributed by atoms with E-state index in [0.29, 0.717) is 38.3 Å². The van der Waals surface area contributed by atoms with Crippen LogP contribution in [0.25, 0.3) is 16.6 Å². The van der Waals surface area contributed by atoms with Crippen LogP contribution < -0.4 is 10.9 Å². The Morgan fingerprint density at radius 2 is 1.86 bits per heavy atom. The van der Waals surface area contributed by atoms with Crippen molar-refractivity contribution in [3.63, 3.8) is 0 Å². The Labute approximate surface area is 177 Å². The third kappa shape index (κ3) is 4.51. The molecule has 0 spiro atoms. The minimum absolute atomic E-state index is 0.102. The fourth-order valence-electron chi connectivity index (χ4n) is 2.64. The third-order valence-corrected chi connectivity index (χ3v) is 5.63. The van der Waals surface area contributed by atoms with Crippen LogP contribution in [0.2, 0.25) is 10.0 Å². The van der Waals surface area contributed by atoms with Crippen LogP contribution in [0, 0.1) is 0 Å². The highest BCUT2D eigenvalue weighted by Crippen LogP contribution is 2.26. The number of hydrogen-bond acceptors (Lipinski definition) is 4. The van der Waals surface area contributed by atoms with Crippen LogP contribution >= 0.6 is 35.0 Å². The molecule has 0 saturated heterocycles. The molecule has 8 heteroatoms. The zero-order valence-corrected chi connectivity index (χ0v) is 17.7. The molecule has 0 radical (unpaired) electrons. The molecular formula is C20H19Cl2N3O2S. The highest BCUT2D eigenvalue weighted by Gasteiger charge is 2.20. The molecule has 3 aromatic rings. The van der Waals surface area contributed by atoms with Gasteiger partial charge in [-0.25, -0.2) is 4.98 Å². The van der Waals surface area contributed by atoms with Gasteiger partial charge in [0.25, 0.3) is 5.56 Å². The van der Waals surface area contributed by atoms with Crippen molar-refractivity contribution >= 4 is 51.8 Å². The summed E-state index contributed by atoms with van der Waals surface area (Å²) in [7, 11) is 0. The average Bonchev–Trinajstić information content (AvgIpc) is 2.67. The fraction of sp³-hybridized carbons (Fsp3) is 0.250. The van der Waals surface area contributed by atoms with Crippen LogP contribution in [0.5, 0.6) is 0 Å². The van der Waals surface area contributed by atoms with E-state index in [0.717, 1.165) is 6.42 Å². The number of nitrogens with one attached hydrogen (secondary N) is 1. The smallest absolute Gasteiger partial charge is 0.266 e. The monoisotopic (exact) mass is 435 g/mol. The summed E-state index contributed by atoms with van der Waals surface area (Å²) >= 11 is 13.3. The number of rotatable bonds is 6. The second-order valence-corrected chi connectivity index (χ2v) is 8.40. The molecule has 5 nitrogen and oxygen atoms in total. The topological polar surface area (TPSA) is 64.0 Å². The zero-order chi connectivity index (χ0) is 20.3. The Kier molecular flexibility index (Phi) is 6.65. The van der Waals surface area contributed by atoms with Gasteiger partial charge in [0.05, 0.1) is 21.8 Å². The molecule has 1 heterocycles. The predicted molar refractivity (Wildman–Crippen MR) is 116 cm³/mol. The van der Waals surface area contributed by atoms with E-state index in [2.05, 4.69) is 10.3 Å². The van der Waals surface area contributed by atoms with Gasteiger partial charge in [-0.05, 0) is 55.8 Å². The van der Waals surface area contributed by atoms with Crippen LogP contribution in [0.1, 0.15) is 20.3 Å². The maximum atomic E-state index is 13.2. The van der Waals surface area contributed by atoms with E-state index in [1.54, 1.807) is 49.4 Å². The first-order valence-corrected chi connectivity index (χ1v) is 10.5. The molecule has 1 N–H and O–H groups in total. The van der Waals surface area contributed by atoms with E-state index < -0.39 is 5.25 Å². The Hall–Kier alpha value is -2.02. The number of halogens is 2. The molecule has 0 saturated carbocycles. The summed E-state index contributed by atoms with van der Waals surface area (Å²) < 4.78 is 1.50. The summed E-state index contributed by atoms with van der Waals surface area (Å²) in [6.45, 7) is 4.38. The fourth-order valence-corrected chi connectivity index (χ4v) is 3.88. The van der Waals surface area contributed by atoms with Gasteiger partial charge in [0, 0.05) is 16.6 Å². The molecule has 0 fully saturated rings. The Balaban J connectivity index is 2.13. The van der Waals surface area contributed by atoms with Crippen LogP contribution in [0.3, 0.4) is 0 Å². The highest BCUT2D eigenvalue weighted by molar-refractivity contribution is 8.00. The number of hydrogen-bond donors (Lipinski definition) is 1. The first-order chi connectivity index (χ1) is 13.4. The maximum absolute atomic E-state index is 13.2. The van der Waals surface area contributed by atoms with Gasteiger partial charge in [0.1, 0.15) is 0 Å². The highest BCUT2D eigenvalue weighted by atomic mass is 35.5. The standard InChI is InChI=1S/C20H19Cl2N3O2S/c1-3-10-23-18(26)12(2)28-20-24-17-11-14(22)6-9-16(17)19(27)25(20)15-7-4-13(21)5-8-15/h4-9,11-12H,3,10H2,1-2H3,(H,23,26). The molecule has 1 amide bonds. The van der Waals surface area contributed by atoms with E-state index in [4.69, 9.17) is 23.2 Å². The van der Waals surface area contributed by atoms with E-state index in [1.807, 2.05) is 6.92 Å². The molecule has 0 aliphatic rings. The Morgan fingerprint density at radius 1 is 1.18 bits per heavy atom. The van der Waals surface area contributed by atoms with Gasteiger partial charge in [0.2, 0.25) is 5.91 Å². The molecule has 0 bridgehead atoms. The van der Waals surface area contributed by atoms with Crippen molar-refractivity contribution in [1.29, 1.82) is 0 Å². The van der Waals surface area contributed by atoms with Gasteiger partial charge < -0.3 is 5.32 Å².